The molecule has 0 aliphatic carbocycles. The van der Waals surface area contributed by atoms with Crippen molar-refractivity contribution < 1.29 is 9.90 Å². The van der Waals surface area contributed by atoms with E-state index in [1.54, 1.807) is 21.8 Å². The molecule has 24 heavy (non-hydrogen) atoms. The van der Waals surface area contributed by atoms with Gasteiger partial charge in [-0.25, -0.2) is 9.48 Å². The number of aromatic nitrogens is 2. The van der Waals surface area contributed by atoms with Gasteiger partial charge in [-0.15, -0.1) is 0 Å². The summed E-state index contributed by atoms with van der Waals surface area (Å²) in [4.78, 5) is 14.1. The van der Waals surface area contributed by atoms with Gasteiger partial charge in [0.1, 0.15) is 0 Å². The molecule has 7 heteroatoms. The van der Waals surface area contributed by atoms with E-state index in [4.69, 9.17) is 11.6 Å². The molecular formula is C17H21ClN4O2. The fraction of sp³-hybridized carbons (Fsp3) is 0.412. The van der Waals surface area contributed by atoms with E-state index in [9.17, 15) is 9.90 Å². The Kier molecular flexibility index (Phi) is 4.78. The second-order valence-electron chi connectivity index (χ2n) is 6.24. The molecule has 2 N–H and O–H groups in total. The molecule has 2 unspecified atom stereocenters. The van der Waals surface area contributed by atoms with Gasteiger partial charge in [0.05, 0.1) is 29.4 Å². The molecule has 1 aliphatic rings. The number of urea groups is 1. The Morgan fingerprint density at radius 2 is 2.25 bits per heavy atom. The zero-order chi connectivity index (χ0) is 17.3. The van der Waals surface area contributed by atoms with Crippen LogP contribution in [0.15, 0.2) is 30.5 Å². The monoisotopic (exact) mass is 348 g/mol. The minimum absolute atomic E-state index is 0.213. The van der Waals surface area contributed by atoms with Crippen LogP contribution in [0.5, 0.6) is 0 Å². The summed E-state index contributed by atoms with van der Waals surface area (Å²) in [7, 11) is 0. The molecular weight excluding hydrogens is 328 g/mol. The van der Waals surface area contributed by atoms with Gasteiger partial charge in [0.25, 0.3) is 0 Å². The molecule has 2 atom stereocenters. The summed E-state index contributed by atoms with van der Waals surface area (Å²) in [6, 6.07) is 7.16. The van der Waals surface area contributed by atoms with E-state index in [-0.39, 0.29) is 11.9 Å². The molecule has 2 heterocycles. The average Bonchev–Trinajstić information content (AvgIpc) is 2.91. The smallest absolute Gasteiger partial charge is 0.322 e. The van der Waals surface area contributed by atoms with Crippen LogP contribution in [0.4, 0.5) is 10.5 Å². The first-order chi connectivity index (χ1) is 11.5. The SMILES string of the molecule is Cc1c(NC(=O)N2CCC(C)C(O)C2)cnn1-c1cccc(Cl)c1. The number of anilines is 1. The highest BCUT2D eigenvalue weighted by Crippen LogP contribution is 2.22. The summed E-state index contributed by atoms with van der Waals surface area (Å²) < 4.78 is 1.73. The first-order valence-electron chi connectivity index (χ1n) is 8.00. The van der Waals surface area contributed by atoms with Crippen molar-refractivity contribution in [2.45, 2.75) is 26.4 Å². The van der Waals surface area contributed by atoms with E-state index < -0.39 is 6.10 Å². The standard InChI is InChI=1S/C17H21ClN4O2/c1-11-6-7-21(10-16(11)23)17(24)20-15-9-19-22(12(15)2)14-5-3-4-13(18)8-14/h3-5,8-9,11,16,23H,6-7,10H2,1-2H3,(H,20,24). The minimum atomic E-state index is -0.472. The molecule has 1 fully saturated rings. The summed E-state index contributed by atoms with van der Waals surface area (Å²) >= 11 is 6.02. The van der Waals surface area contributed by atoms with E-state index in [0.29, 0.717) is 23.8 Å². The van der Waals surface area contributed by atoms with Crippen LogP contribution in [-0.4, -0.2) is 45.0 Å². The van der Waals surface area contributed by atoms with E-state index in [1.807, 2.05) is 32.0 Å². The summed E-state index contributed by atoms with van der Waals surface area (Å²) in [5.74, 6) is 0.223. The Balaban J connectivity index is 1.73. The van der Waals surface area contributed by atoms with Crippen LogP contribution in [0.2, 0.25) is 5.02 Å². The Hall–Kier alpha value is -2.05. The number of nitrogens with zero attached hydrogens (tertiary/aromatic N) is 3. The Morgan fingerprint density at radius 3 is 2.96 bits per heavy atom. The number of likely N-dealkylation sites (tertiary alicyclic amines) is 1. The number of β-amino-alcohol motifs (C(OH)–C–C–N with tert-alkyl or cyclic N) is 1. The van der Waals surface area contributed by atoms with Crippen LogP contribution in [0.25, 0.3) is 5.69 Å². The number of benzene rings is 1. The van der Waals surface area contributed by atoms with Gasteiger partial charge in [0.15, 0.2) is 0 Å². The van der Waals surface area contributed by atoms with E-state index >= 15 is 0 Å². The molecule has 0 saturated carbocycles. The number of halogens is 1. The van der Waals surface area contributed by atoms with E-state index in [0.717, 1.165) is 17.8 Å². The number of piperidine rings is 1. The maximum absolute atomic E-state index is 12.4. The molecule has 0 bridgehead atoms. The zero-order valence-electron chi connectivity index (χ0n) is 13.7. The third kappa shape index (κ3) is 3.39. The van der Waals surface area contributed by atoms with Gasteiger partial charge in [-0.3, -0.25) is 0 Å². The topological polar surface area (TPSA) is 70.4 Å². The average molecular weight is 349 g/mol. The van der Waals surface area contributed by atoms with Crippen molar-refractivity contribution in [3.8, 4) is 5.69 Å². The highest BCUT2D eigenvalue weighted by atomic mass is 35.5. The van der Waals surface area contributed by atoms with Crippen molar-refractivity contribution in [3.63, 3.8) is 0 Å². The maximum Gasteiger partial charge on any atom is 0.322 e. The predicted molar refractivity (Wildman–Crippen MR) is 93.7 cm³/mol. The molecule has 1 aliphatic heterocycles. The lowest BCUT2D eigenvalue weighted by Gasteiger charge is -2.34. The third-order valence-electron chi connectivity index (χ3n) is 4.51. The van der Waals surface area contributed by atoms with Gasteiger partial charge in [-0.05, 0) is 37.5 Å². The van der Waals surface area contributed by atoms with Crippen LogP contribution >= 0.6 is 11.6 Å². The van der Waals surface area contributed by atoms with Gasteiger partial charge < -0.3 is 15.3 Å². The van der Waals surface area contributed by atoms with Gasteiger partial charge in [0.2, 0.25) is 0 Å². The molecule has 2 amide bonds. The Labute approximate surface area is 146 Å². The number of rotatable bonds is 2. The zero-order valence-corrected chi connectivity index (χ0v) is 14.5. The first kappa shape index (κ1) is 16.8. The van der Waals surface area contributed by atoms with Crippen molar-refractivity contribution in [1.82, 2.24) is 14.7 Å². The van der Waals surface area contributed by atoms with Crippen LogP contribution in [0, 0.1) is 12.8 Å². The molecule has 1 aromatic heterocycles. The molecule has 3 rings (SSSR count). The number of hydrogen-bond acceptors (Lipinski definition) is 3. The van der Waals surface area contributed by atoms with Crippen molar-refractivity contribution in [3.05, 3.63) is 41.2 Å². The number of carbonyl (C=O) groups is 1. The number of aliphatic hydroxyl groups is 1. The predicted octanol–water partition coefficient (Wildman–Crippen LogP) is 3.07. The largest absolute Gasteiger partial charge is 0.391 e. The van der Waals surface area contributed by atoms with Gasteiger partial charge in [0, 0.05) is 18.1 Å². The summed E-state index contributed by atoms with van der Waals surface area (Å²) in [5, 5.41) is 17.8. The second-order valence-corrected chi connectivity index (χ2v) is 6.68. The number of hydrogen-bond donors (Lipinski definition) is 2. The van der Waals surface area contributed by atoms with Gasteiger partial charge in [-0.1, -0.05) is 24.6 Å². The number of amides is 2. The molecule has 1 aromatic carbocycles. The van der Waals surface area contributed by atoms with Crippen molar-refractivity contribution in [2.24, 2.45) is 5.92 Å². The molecule has 0 radical (unpaired) electrons. The number of carbonyl (C=O) groups excluding carboxylic acids is 1. The van der Waals surface area contributed by atoms with Crippen LogP contribution in [0.3, 0.4) is 0 Å². The highest BCUT2D eigenvalue weighted by Gasteiger charge is 2.27. The van der Waals surface area contributed by atoms with Crippen LogP contribution in [0.1, 0.15) is 19.0 Å². The first-order valence-corrected chi connectivity index (χ1v) is 8.38. The summed E-state index contributed by atoms with van der Waals surface area (Å²) in [6.45, 7) is 4.88. The van der Waals surface area contributed by atoms with Crippen molar-refractivity contribution in [2.75, 3.05) is 18.4 Å². The fourth-order valence-corrected chi connectivity index (χ4v) is 3.01. The van der Waals surface area contributed by atoms with Gasteiger partial charge >= 0.3 is 6.03 Å². The van der Waals surface area contributed by atoms with Crippen LogP contribution in [-0.2, 0) is 0 Å². The minimum Gasteiger partial charge on any atom is -0.391 e. The number of aliphatic hydroxyl groups excluding tert-OH is 1. The fourth-order valence-electron chi connectivity index (χ4n) is 2.83. The quantitative estimate of drug-likeness (QED) is 0.876. The lowest BCUT2D eigenvalue weighted by Crippen LogP contribution is -2.47. The van der Waals surface area contributed by atoms with Gasteiger partial charge in [-0.2, -0.15) is 5.10 Å². The summed E-state index contributed by atoms with van der Waals surface area (Å²) in [6.07, 6.45) is 1.95. The molecule has 2 aromatic rings. The van der Waals surface area contributed by atoms with Crippen LogP contribution < -0.4 is 5.32 Å². The molecule has 0 spiro atoms. The number of nitrogens with one attached hydrogen (secondary N) is 1. The lowest BCUT2D eigenvalue weighted by atomic mass is 9.96. The molecule has 6 nitrogen and oxygen atoms in total. The Morgan fingerprint density at radius 1 is 1.46 bits per heavy atom. The van der Waals surface area contributed by atoms with Crippen molar-refractivity contribution in [1.29, 1.82) is 0 Å². The highest BCUT2D eigenvalue weighted by molar-refractivity contribution is 6.30. The summed E-state index contributed by atoms with van der Waals surface area (Å²) in [5.41, 5.74) is 2.30. The van der Waals surface area contributed by atoms with Crippen molar-refractivity contribution >= 4 is 23.3 Å². The normalized spacial score (nSPS) is 20.9. The third-order valence-corrected chi connectivity index (χ3v) is 4.75. The Bertz CT molecular complexity index is 746. The maximum atomic E-state index is 12.4. The second kappa shape index (κ2) is 6.83. The van der Waals surface area contributed by atoms with E-state index in [1.165, 1.54) is 0 Å². The molecule has 128 valence electrons. The molecule has 1 saturated heterocycles. The van der Waals surface area contributed by atoms with E-state index in [2.05, 4.69) is 10.4 Å². The lowest BCUT2D eigenvalue weighted by molar-refractivity contribution is 0.0464.